The van der Waals surface area contributed by atoms with Gasteiger partial charge in [0.1, 0.15) is 17.1 Å². The van der Waals surface area contributed by atoms with Crippen molar-refractivity contribution < 1.29 is 19.1 Å². The second kappa shape index (κ2) is 5.90. The molecule has 6 heteroatoms. The number of carbonyl (C=O) groups is 2. The predicted octanol–water partition coefficient (Wildman–Crippen LogP) is 1.13. The second-order valence-corrected chi connectivity index (χ2v) is 4.84. The fourth-order valence-corrected chi connectivity index (χ4v) is 2.46. The fourth-order valence-electron chi connectivity index (χ4n) is 2.46. The summed E-state index contributed by atoms with van der Waals surface area (Å²) in [7, 11) is 1.55. The van der Waals surface area contributed by atoms with Gasteiger partial charge in [0.15, 0.2) is 0 Å². The Morgan fingerprint density at radius 1 is 1.45 bits per heavy atom. The van der Waals surface area contributed by atoms with Crippen LogP contribution >= 0.6 is 0 Å². The summed E-state index contributed by atoms with van der Waals surface area (Å²) >= 11 is 0. The average Bonchev–Trinajstić information content (AvgIpc) is 2.46. The standard InChI is InChI=1S/C14H17FN2O3/c1-16-13(19)9-4-3-7-17(8-9)14(20)12-10(15)5-2-6-11(12)18/h2,5-6,9,18H,3-4,7-8H2,1H3,(H,16,19). The van der Waals surface area contributed by atoms with Crippen molar-refractivity contribution in [2.75, 3.05) is 20.1 Å². The number of halogens is 1. The van der Waals surface area contributed by atoms with Crippen LogP contribution in [0.1, 0.15) is 23.2 Å². The molecule has 20 heavy (non-hydrogen) atoms. The van der Waals surface area contributed by atoms with Gasteiger partial charge in [-0.3, -0.25) is 9.59 Å². The van der Waals surface area contributed by atoms with Crippen LogP contribution in [0.25, 0.3) is 0 Å². The maximum atomic E-state index is 13.7. The number of hydrogen-bond donors (Lipinski definition) is 2. The summed E-state index contributed by atoms with van der Waals surface area (Å²) in [5, 5.41) is 12.2. The molecule has 2 amide bonds. The second-order valence-electron chi connectivity index (χ2n) is 4.84. The van der Waals surface area contributed by atoms with Crippen LogP contribution in [0.2, 0.25) is 0 Å². The lowest BCUT2D eigenvalue weighted by atomic mass is 9.96. The highest BCUT2D eigenvalue weighted by atomic mass is 19.1. The Labute approximate surface area is 116 Å². The van der Waals surface area contributed by atoms with Crippen LogP contribution in [0.4, 0.5) is 4.39 Å². The molecule has 1 unspecified atom stereocenters. The topological polar surface area (TPSA) is 69.6 Å². The molecule has 108 valence electrons. The molecular formula is C14H17FN2O3. The Balaban J connectivity index is 2.19. The number of hydrogen-bond acceptors (Lipinski definition) is 3. The van der Waals surface area contributed by atoms with E-state index >= 15 is 0 Å². The lowest BCUT2D eigenvalue weighted by molar-refractivity contribution is -0.125. The van der Waals surface area contributed by atoms with Crippen molar-refractivity contribution in [1.29, 1.82) is 0 Å². The Hall–Kier alpha value is -2.11. The summed E-state index contributed by atoms with van der Waals surface area (Å²) in [5.74, 6) is -2.12. The van der Waals surface area contributed by atoms with E-state index in [4.69, 9.17) is 0 Å². The number of amides is 2. The third kappa shape index (κ3) is 2.74. The Morgan fingerprint density at radius 3 is 2.85 bits per heavy atom. The predicted molar refractivity (Wildman–Crippen MR) is 70.8 cm³/mol. The highest BCUT2D eigenvalue weighted by molar-refractivity contribution is 5.97. The van der Waals surface area contributed by atoms with Gasteiger partial charge in [0, 0.05) is 20.1 Å². The molecule has 1 saturated heterocycles. The number of phenols is 1. The normalized spacial score (nSPS) is 18.7. The van der Waals surface area contributed by atoms with Gasteiger partial charge in [0.25, 0.3) is 5.91 Å². The molecule has 5 nitrogen and oxygen atoms in total. The lowest BCUT2D eigenvalue weighted by Crippen LogP contribution is -2.45. The van der Waals surface area contributed by atoms with Crippen molar-refractivity contribution in [2.45, 2.75) is 12.8 Å². The summed E-state index contributed by atoms with van der Waals surface area (Å²) in [6, 6.07) is 3.74. The number of phenolic OH excluding ortho intramolecular Hbond substituents is 1. The molecule has 1 aliphatic heterocycles. The zero-order chi connectivity index (χ0) is 14.7. The van der Waals surface area contributed by atoms with Crippen molar-refractivity contribution in [3.63, 3.8) is 0 Å². The van der Waals surface area contributed by atoms with E-state index in [1.807, 2.05) is 0 Å². The fraction of sp³-hybridized carbons (Fsp3) is 0.429. The Morgan fingerprint density at radius 2 is 2.20 bits per heavy atom. The number of aromatic hydroxyl groups is 1. The first-order chi connectivity index (χ1) is 9.54. The molecule has 1 aromatic rings. The van der Waals surface area contributed by atoms with E-state index in [9.17, 15) is 19.1 Å². The average molecular weight is 280 g/mol. The van der Waals surface area contributed by atoms with Gasteiger partial charge in [-0.25, -0.2) is 4.39 Å². The van der Waals surface area contributed by atoms with Crippen molar-refractivity contribution in [1.82, 2.24) is 10.2 Å². The molecule has 2 N–H and O–H groups in total. The van der Waals surface area contributed by atoms with Crippen LogP contribution in [0.5, 0.6) is 5.75 Å². The summed E-state index contributed by atoms with van der Waals surface area (Å²) < 4.78 is 13.7. The zero-order valence-corrected chi connectivity index (χ0v) is 11.2. The minimum absolute atomic E-state index is 0.125. The lowest BCUT2D eigenvalue weighted by Gasteiger charge is -2.32. The molecule has 0 bridgehead atoms. The van der Waals surface area contributed by atoms with Gasteiger partial charge >= 0.3 is 0 Å². The minimum Gasteiger partial charge on any atom is -0.507 e. The molecule has 0 radical (unpaired) electrons. The Bertz CT molecular complexity index is 513. The monoisotopic (exact) mass is 280 g/mol. The van der Waals surface area contributed by atoms with E-state index in [-0.39, 0.29) is 29.7 Å². The first-order valence-corrected chi connectivity index (χ1v) is 6.53. The smallest absolute Gasteiger partial charge is 0.260 e. The number of nitrogens with one attached hydrogen (secondary N) is 1. The van der Waals surface area contributed by atoms with E-state index < -0.39 is 11.7 Å². The quantitative estimate of drug-likeness (QED) is 0.853. The Kier molecular flexibility index (Phi) is 4.22. The van der Waals surface area contributed by atoms with E-state index in [1.54, 1.807) is 7.05 Å². The summed E-state index contributed by atoms with van der Waals surface area (Å²) in [6.45, 7) is 0.701. The molecule has 1 heterocycles. The summed E-state index contributed by atoms with van der Waals surface area (Å²) in [4.78, 5) is 25.3. The first-order valence-electron chi connectivity index (χ1n) is 6.53. The maximum Gasteiger partial charge on any atom is 0.260 e. The molecule has 0 aliphatic carbocycles. The molecule has 0 spiro atoms. The maximum absolute atomic E-state index is 13.7. The molecular weight excluding hydrogens is 263 g/mol. The van der Waals surface area contributed by atoms with Crippen molar-refractivity contribution in [3.05, 3.63) is 29.6 Å². The molecule has 1 atom stereocenters. The first kappa shape index (κ1) is 14.3. The van der Waals surface area contributed by atoms with Crippen LogP contribution in [-0.2, 0) is 4.79 Å². The van der Waals surface area contributed by atoms with Crippen LogP contribution in [-0.4, -0.2) is 42.0 Å². The van der Waals surface area contributed by atoms with Gasteiger partial charge in [-0.05, 0) is 25.0 Å². The minimum atomic E-state index is -0.753. The molecule has 1 aromatic carbocycles. The number of benzene rings is 1. The van der Waals surface area contributed by atoms with Gasteiger partial charge in [0.05, 0.1) is 5.92 Å². The van der Waals surface area contributed by atoms with Crippen LogP contribution in [0.3, 0.4) is 0 Å². The summed E-state index contributed by atoms with van der Waals surface area (Å²) in [5.41, 5.74) is -0.329. The molecule has 0 saturated carbocycles. The van der Waals surface area contributed by atoms with Gasteiger partial charge in [0.2, 0.25) is 5.91 Å². The van der Waals surface area contributed by atoms with Crippen LogP contribution < -0.4 is 5.32 Å². The number of piperidine rings is 1. The third-order valence-corrected chi connectivity index (χ3v) is 3.53. The zero-order valence-electron chi connectivity index (χ0n) is 11.2. The van der Waals surface area contributed by atoms with E-state index in [0.717, 1.165) is 6.07 Å². The molecule has 2 rings (SSSR count). The molecule has 1 aliphatic rings. The number of likely N-dealkylation sites (tertiary alicyclic amines) is 1. The number of nitrogens with zero attached hydrogens (tertiary/aromatic N) is 1. The highest BCUT2D eigenvalue weighted by Gasteiger charge is 2.30. The van der Waals surface area contributed by atoms with Crippen molar-refractivity contribution >= 4 is 11.8 Å². The van der Waals surface area contributed by atoms with Gasteiger partial charge < -0.3 is 15.3 Å². The number of rotatable bonds is 2. The number of carbonyl (C=O) groups excluding carboxylic acids is 2. The van der Waals surface area contributed by atoms with Crippen LogP contribution in [0, 0.1) is 11.7 Å². The highest BCUT2D eigenvalue weighted by Crippen LogP contribution is 2.25. The van der Waals surface area contributed by atoms with E-state index in [2.05, 4.69) is 5.32 Å². The molecule has 1 fully saturated rings. The molecule has 0 aromatic heterocycles. The van der Waals surface area contributed by atoms with E-state index in [0.29, 0.717) is 19.4 Å². The van der Waals surface area contributed by atoms with Crippen LogP contribution in [0.15, 0.2) is 18.2 Å². The van der Waals surface area contributed by atoms with Gasteiger partial charge in [-0.1, -0.05) is 6.07 Å². The van der Waals surface area contributed by atoms with E-state index in [1.165, 1.54) is 17.0 Å². The largest absolute Gasteiger partial charge is 0.507 e. The van der Waals surface area contributed by atoms with Crippen molar-refractivity contribution in [2.24, 2.45) is 5.92 Å². The van der Waals surface area contributed by atoms with Gasteiger partial charge in [-0.15, -0.1) is 0 Å². The van der Waals surface area contributed by atoms with Gasteiger partial charge in [-0.2, -0.15) is 0 Å². The summed E-state index contributed by atoms with van der Waals surface area (Å²) in [6.07, 6.45) is 1.38. The SMILES string of the molecule is CNC(=O)C1CCCN(C(=O)c2c(O)cccc2F)C1. The third-order valence-electron chi connectivity index (χ3n) is 3.53. The van der Waals surface area contributed by atoms with Crippen molar-refractivity contribution in [3.8, 4) is 5.75 Å².